The maximum Gasteiger partial charge on any atom is 0.398 e. The van der Waals surface area contributed by atoms with Crippen molar-refractivity contribution in [2.75, 3.05) is 0 Å². The Hall–Kier alpha value is -1.84. The van der Waals surface area contributed by atoms with Crippen LogP contribution in [0.4, 0.5) is 0 Å². The molecule has 2 aromatic rings. The van der Waals surface area contributed by atoms with E-state index in [1.54, 1.807) is 11.7 Å². The number of rotatable bonds is 1. The van der Waals surface area contributed by atoms with E-state index in [4.69, 9.17) is 0 Å². The van der Waals surface area contributed by atoms with E-state index in [-0.39, 0.29) is 5.56 Å². The summed E-state index contributed by atoms with van der Waals surface area (Å²) in [6.07, 6.45) is 1.50. The Morgan fingerprint density at radius 2 is 1.93 bits per heavy atom. The lowest BCUT2D eigenvalue weighted by Crippen LogP contribution is -2.30. The summed E-state index contributed by atoms with van der Waals surface area (Å²) in [7, 11) is 1.78. The second-order valence-electron chi connectivity index (χ2n) is 3.35. The molecule has 1 heterocycles. The van der Waals surface area contributed by atoms with Gasteiger partial charge in [0.25, 0.3) is 0 Å². The smallest absolute Gasteiger partial charge is 0.235 e. The predicted molar refractivity (Wildman–Crippen MR) is 52.3 cm³/mol. The molecule has 4 heteroatoms. The van der Waals surface area contributed by atoms with Crippen molar-refractivity contribution in [3.05, 3.63) is 46.4 Å². The molecule has 0 aliphatic carbocycles. The molecule has 72 valence electrons. The molecule has 14 heavy (non-hydrogen) atoms. The van der Waals surface area contributed by atoms with E-state index < -0.39 is 0 Å². The lowest BCUT2D eigenvalue weighted by molar-refractivity contribution is -0.731. The van der Waals surface area contributed by atoms with Crippen molar-refractivity contribution in [1.29, 1.82) is 0 Å². The summed E-state index contributed by atoms with van der Waals surface area (Å²) in [6, 6.07) is 7.77. The molecular weight excluding hydrogens is 178 g/mol. The van der Waals surface area contributed by atoms with Gasteiger partial charge < -0.3 is 0 Å². The summed E-state index contributed by atoms with van der Waals surface area (Å²) in [5.41, 5.74) is 1.97. The Kier molecular flexibility index (Phi) is 1.96. The fraction of sp³-hybridized carbons (Fsp3) is 0.200. The molecule has 1 N–H and O–H groups in total. The van der Waals surface area contributed by atoms with Crippen LogP contribution in [0.3, 0.4) is 0 Å². The molecule has 0 aliphatic rings. The predicted octanol–water partition coefficient (Wildman–Crippen LogP) is 0.299. The molecular formula is C10H12N3O+. The topological polar surface area (TPSA) is 41.7 Å². The molecule has 0 unspecified atom stereocenters. The third-order valence-corrected chi connectivity index (χ3v) is 2.07. The second-order valence-corrected chi connectivity index (χ2v) is 3.35. The van der Waals surface area contributed by atoms with Crippen LogP contribution in [0.2, 0.25) is 0 Å². The number of hydrogen-bond acceptors (Lipinski definition) is 1. The highest BCUT2D eigenvalue weighted by Gasteiger charge is 2.09. The van der Waals surface area contributed by atoms with E-state index >= 15 is 0 Å². The molecule has 0 bridgehead atoms. The van der Waals surface area contributed by atoms with E-state index in [2.05, 4.69) is 5.21 Å². The zero-order chi connectivity index (χ0) is 10.1. The van der Waals surface area contributed by atoms with Gasteiger partial charge >= 0.3 is 5.56 Å². The lowest BCUT2D eigenvalue weighted by atomic mass is 10.2. The maximum atomic E-state index is 11.4. The van der Waals surface area contributed by atoms with Crippen LogP contribution in [-0.2, 0) is 7.05 Å². The Morgan fingerprint density at radius 1 is 1.29 bits per heavy atom. The Labute approximate surface area is 81.4 Å². The van der Waals surface area contributed by atoms with Crippen molar-refractivity contribution in [1.82, 2.24) is 9.90 Å². The minimum atomic E-state index is -0.0589. The van der Waals surface area contributed by atoms with Crippen LogP contribution in [0.25, 0.3) is 5.69 Å². The summed E-state index contributed by atoms with van der Waals surface area (Å²) in [5, 5.41) is 2.90. The number of nitrogens with zero attached hydrogens (tertiary/aromatic N) is 2. The minimum absolute atomic E-state index is 0.0589. The molecule has 4 nitrogen and oxygen atoms in total. The number of aryl methyl sites for hydroxylation is 2. The van der Waals surface area contributed by atoms with Gasteiger partial charge in [-0.15, -0.1) is 0 Å². The summed E-state index contributed by atoms with van der Waals surface area (Å²) < 4.78 is 3.13. The Bertz CT molecular complexity index is 493. The molecule has 0 fully saturated rings. The second kappa shape index (κ2) is 3.14. The van der Waals surface area contributed by atoms with Crippen molar-refractivity contribution in [3.8, 4) is 5.69 Å². The van der Waals surface area contributed by atoms with Crippen molar-refractivity contribution < 1.29 is 4.68 Å². The van der Waals surface area contributed by atoms with Gasteiger partial charge in [-0.2, -0.15) is 4.68 Å². The van der Waals surface area contributed by atoms with Gasteiger partial charge in [0.2, 0.25) is 6.20 Å². The van der Waals surface area contributed by atoms with E-state index in [0.717, 1.165) is 5.69 Å². The van der Waals surface area contributed by atoms with Crippen molar-refractivity contribution in [2.24, 2.45) is 7.05 Å². The first kappa shape index (κ1) is 8.74. The van der Waals surface area contributed by atoms with Gasteiger partial charge in [-0.1, -0.05) is 27.6 Å². The van der Waals surface area contributed by atoms with Crippen LogP contribution in [0.5, 0.6) is 0 Å². The van der Waals surface area contributed by atoms with Gasteiger partial charge in [-0.05, 0) is 19.1 Å². The number of benzene rings is 1. The lowest BCUT2D eigenvalue weighted by Gasteiger charge is -1.94. The summed E-state index contributed by atoms with van der Waals surface area (Å²) in [4.78, 5) is 11.4. The molecule has 2 rings (SSSR count). The summed E-state index contributed by atoms with van der Waals surface area (Å²) >= 11 is 0. The SMILES string of the molecule is Cc1ccc(-n2[nH][n+](C)cc2=O)cc1. The number of nitrogens with one attached hydrogen (secondary N) is 1. The molecule has 1 aromatic carbocycles. The van der Waals surface area contributed by atoms with Crippen LogP contribution >= 0.6 is 0 Å². The molecule has 0 aliphatic heterocycles. The number of hydrogen-bond donors (Lipinski definition) is 1. The zero-order valence-electron chi connectivity index (χ0n) is 8.19. The molecule has 0 saturated heterocycles. The zero-order valence-corrected chi connectivity index (χ0v) is 8.19. The highest BCUT2D eigenvalue weighted by Crippen LogP contribution is 2.04. The fourth-order valence-corrected chi connectivity index (χ4v) is 1.34. The van der Waals surface area contributed by atoms with Gasteiger partial charge in [0.15, 0.2) is 5.69 Å². The molecule has 0 saturated carbocycles. The van der Waals surface area contributed by atoms with E-state index in [1.165, 1.54) is 16.4 Å². The average molecular weight is 190 g/mol. The monoisotopic (exact) mass is 190 g/mol. The molecule has 0 amide bonds. The first-order valence-electron chi connectivity index (χ1n) is 4.41. The van der Waals surface area contributed by atoms with Crippen LogP contribution in [0, 0.1) is 6.92 Å². The largest absolute Gasteiger partial charge is 0.398 e. The first-order chi connectivity index (χ1) is 6.66. The van der Waals surface area contributed by atoms with E-state index in [0.29, 0.717) is 0 Å². The van der Waals surface area contributed by atoms with Gasteiger partial charge in [0.05, 0.1) is 0 Å². The highest BCUT2D eigenvalue weighted by molar-refractivity contribution is 5.32. The first-order valence-corrected chi connectivity index (χ1v) is 4.41. The van der Waals surface area contributed by atoms with Crippen LogP contribution in [-0.4, -0.2) is 9.90 Å². The normalized spacial score (nSPS) is 10.4. The quantitative estimate of drug-likeness (QED) is 0.645. The number of aromatic amines is 1. The van der Waals surface area contributed by atoms with Crippen LogP contribution in [0.15, 0.2) is 35.3 Å². The van der Waals surface area contributed by atoms with E-state index in [9.17, 15) is 4.79 Å². The Morgan fingerprint density at radius 3 is 2.43 bits per heavy atom. The van der Waals surface area contributed by atoms with E-state index in [1.807, 2.05) is 31.2 Å². The van der Waals surface area contributed by atoms with Crippen LogP contribution < -0.4 is 10.2 Å². The Balaban J connectivity index is 2.54. The summed E-state index contributed by atoms with van der Waals surface area (Å²) in [5.74, 6) is 0. The molecule has 0 atom stereocenters. The van der Waals surface area contributed by atoms with Gasteiger partial charge in [-0.3, -0.25) is 0 Å². The maximum absolute atomic E-state index is 11.4. The van der Waals surface area contributed by atoms with Crippen LogP contribution in [0.1, 0.15) is 5.56 Å². The van der Waals surface area contributed by atoms with Crippen molar-refractivity contribution in [2.45, 2.75) is 6.92 Å². The minimum Gasteiger partial charge on any atom is -0.235 e. The summed E-state index contributed by atoms with van der Waals surface area (Å²) in [6.45, 7) is 2.02. The third kappa shape index (κ3) is 1.46. The van der Waals surface area contributed by atoms with Gasteiger partial charge in [0, 0.05) is 0 Å². The average Bonchev–Trinajstić information content (AvgIpc) is 2.47. The molecule has 0 radical (unpaired) electrons. The van der Waals surface area contributed by atoms with Crippen molar-refractivity contribution >= 4 is 0 Å². The molecule has 0 spiro atoms. The highest BCUT2D eigenvalue weighted by atomic mass is 16.1. The number of aromatic nitrogens is 3. The van der Waals surface area contributed by atoms with Gasteiger partial charge in [-0.25, -0.2) is 4.79 Å². The molecule has 1 aromatic heterocycles. The van der Waals surface area contributed by atoms with Crippen molar-refractivity contribution in [3.63, 3.8) is 0 Å². The van der Waals surface area contributed by atoms with Gasteiger partial charge in [0.1, 0.15) is 7.05 Å². The third-order valence-electron chi connectivity index (χ3n) is 2.07. The number of H-pyrrole nitrogens is 1. The fourth-order valence-electron chi connectivity index (χ4n) is 1.34. The standard InChI is InChI=1S/C10H11N3O/c1-8-3-5-9(6-4-8)13-10(14)7-12(2)11-13/h3-7H,1-2H3/p+1.